The number of ether oxygens (including phenoxy) is 2. The van der Waals surface area contributed by atoms with Gasteiger partial charge in [-0.2, -0.15) is 0 Å². The van der Waals surface area contributed by atoms with E-state index in [-0.39, 0.29) is 13.0 Å². The maximum atomic E-state index is 11.7. The molecule has 1 aromatic heterocycles. The summed E-state index contributed by atoms with van der Waals surface area (Å²) in [5, 5.41) is 9.84. The van der Waals surface area contributed by atoms with Crippen molar-refractivity contribution in [3.05, 3.63) is 32.6 Å². The average molecular weight is 284 g/mol. The average Bonchev–Trinajstić information content (AvgIpc) is 2.72. The van der Waals surface area contributed by atoms with Crippen LogP contribution in [0.3, 0.4) is 0 Å². The molecule has 0 unspecified atom stereocenters. The Labute approximate surface area is 114 Å². The number of hydrogen-bond donors (Lipinski definition) is 2. The molecule has 1 aromatic rings. The van der Waals surface area contributed by atoms with E-state index >= 15 is 0 Å². The van der Waals surface area contributed by atoms with Crippen molar-refractivity contribution in [2.45, 2.75) is 38.7 Å². The predicted molar refractivity (Wildman–Crippen MR) is 67.2 cm³/mol. The van der Waals surface area contributed by atoms with Crippen molar-refractivity contribution < 1.29 is 19.4 Å². The first-order valence-corrected chi connectivity index (χ1v) is 6.17. The number of esters is 1. The van der Waals surface area contributed by atoms with Gasteiger partial charge in [-0.05, 0) is 6.92 Å². The van der Waals surface area contributed by atoms with Crippen molar-refractivity contribution in [2.24, 2.45) is 0 Å². The summed E-state index contributed by atoms with van der Waals surface area (Å²) in [6, 6.07) is 0. The first-order chi connectivity index (χ1) is 9.38. The highest BCUT2D eigenvalue weighted by molar-refractivity contribution is 5.65. The zero-order valence-corrected chi connectivity index (χ0v) is 11.2. The molecule has 20 heavy (non-hydrogen) atoms. The summed E-state index contributed by atoms with van der Waals surface area (Å²) in [5.41, 5.74) is -0.696. The van der Waals surface area contributed by atoms with Gasteiger partial charge in [-0.3, -0.25) is 19.1 Å². The number of aromatic amines is 1. The van der Waals surface area contributed by atoms with Crippen LogP contribution in [0.5, 0.6) is 0 Å². The molecule has 0 saturated carbocycles. The van der Waals surface area contributed by atoms with Gasteiger partial charge in [0.2, 0.25) is 0 Å². The summed E-state index contributed by atoms with van der Waals surface area (Å²) < 4.78 is 11.5. The number of carbonyl (C=O) groups is 1. The largest absolute Gasteiger partial charge is 0.463 e. The molecule has 1 fully saturated rings. The Morgan fingerprint density at radius 3 is 2.95 bits per heavy atom. The number of nitrogens with one attached hydrogen (secondary N) is 1. The quantitative estimate of drug-likeness (QED) is 0.693. The standard InChI is InChI=1S/C12H16N2O6/c1-6-4-14(12(18)13-11(6)17)10-3-8(16)9(20-10)5-19-7(2)15/h4,8-10,16H,3,5H2,1-2H3,(H,13,17,18)/t8-,9+,10+/m0/s1. The number of aryl methyl sites for hydroxylation is 1. The molecule has 3 atom stereocenters. The monoisotopic (exact) mass is 284 g/mol. The molecule has 0 spiro atoms. The molecule has 2 N–H and O–H groups in total. The Balaban J connectivity index is 2.16. The van der Waals surface area contributed by atoms with Gasteiger partial charge in [0.15, 0.2) is 0 Å². The lowest BCUT2D eigenvalue weighted by Crippen LogP contribution is -2.33. The van der Waals surface area contributed by atoms with E-state index < -0.39 is 35.7 Å². The van der Waals surface area contributed by atoms with Crippen molar-refractivity contribution >= 4 is 5.97 Å². The Bertz CT molecular complexity index is 619. The molecule has 1 saturated heterocycles. The van der Waals surface area contributed by atoms with E-state index in [0.29, 0.717) is 5.56 Å². The molecule has 2 rings (SSSR count). The number of aliphatic hydroxyl groups excluding tert-OH is 1. The van der Waals surface area contributed by atoms with Crippen LogP contribution in [-0.2, 0) is 14.3 Å². The van der Waals surface area contributed by atoms with Crippen LogP contribution in [0, 0.1) is 6.92 Å². The third-order valence-corrected chi connectivity index (χ3v) is 3.11. The zero-order chi connectivity index (χ0) is 14.9. The maximum Gasteiger partial charge on any atom is 0.330 e. The second-order valence-electron chi connectivity index (χ2n) is 4.71. The maximum absolute atomic E-state index is 11.7. The molecule has 8 heteroatoms. The van der Waals surface area contributed by atoms with E-state index in [2.05, 4.69) is 4.98 Å². The number of hydrogen-bond acceptors (Lipinski definition) is 6. The number of carbonyl (C=O) groups excluding carboxylic acids is 1. The Kier molecular flexibility index (Phi) is 4.05. The van der Waals surface area contributed by atoms with Crippen LogP contribution >= 0.6 is 0 Å². The van der Waals surface area contributed by atoms with Crippen LogP contribution < -0.4 is 11.2 Å². The molecular weight excluding hydrogens is 268 g/mol. The highest BCUT2D eigenvalue weighted by Crippen LogP contribution is 2.27. The van der Waals surface area contributed by atoms with E-state index in [1.54, 1.807) is 6.92 Å². The highest BCUT2D eigenvalue weighted by Gasteiger charge is 2.36. The van der Waals surface area contributed by atoms with Crippen LogP contribution in [0.1, 0.15) is 25.1 Å². The fourth-order valence-electron chi connectivity index (χ4n) is 2.04. The molecule has 2 heterocycles. The van der Waals surface area contributed by atoms with Crippen LogP contribution in [0.2, 0.25) is 0 Å². The van der Waals surface area contributed by atoms with Crippen LogP contribution in [0.4, 0.5) is 0 Å². The fraction of sp³-hybridized carbons (Fsp3) is 0.583. The van der Waals surface area contributed by atoms with E-state index in [0.717, 1.165) is 0 Å². The molecule has 0 aromatic carbocycles. The summed E-state index contributed by atoms with van der Waals surface area (Å²) in [6.45, 7) is 2.75. The topological polar surface area (TPSA) is 111 Å². The summed E-state index contributed by atoms with van der Waals surface area (Å²) in [7, 11) is 0. The lowest BCUT2D eigenvalue weighted by atomic mass is 10.2. The van der Waals surface area contributed by atoms with Gasteiger partial charge in [0, 0.05) is 25.1 Å². The van der Waals surface area contributed by atoms with Gasteiger partial charge >= 0.3 is 11.7 Å². The van der Waals surface area contributed by atoms with Crippen LogP contribution in [-0.4, -0.2) is 39.4 Å². The van der Waals surface area contributed by atoms with Gasteiger partial charge in [0.1, 0.15) is 18.9 Å². The Morgan fingerprint density at radius 1 is 1.60 bits per heavy atom. The Hall–Kier alpha value is -1.93. The van der Waals surface area contributed by atoms with Gasteiger partial charge < -0.3 is 14.6 Å². The van der Waals surface area contributed by atoms with E-state index in [1.807, 2.05) is 0 Å². The molecule has 110 valence electrons. The summed E-state index contributed by atoms with van der Waals surface area (Å²) >= 11 is 0. The smallest absolute Gasteiger partial charge is 0.330 e. The van der Waals surface area contributed by atoms with Gasteiger partial charge in [-0.15, -0.1) is 0 Å². The third kappa shape index (κ3) is 2.97. The third-order valence-electron chi connectivity index (χ3n) is 3.11. The van der Waals surface area contributed by atoms with Crippen molar-refractivity contribution in [3.63, 3.8) is 0 Å². The first-order valence-electron chi connectivity index (χ1n) is 6.17. The summed E-state index contributed by atoms with van der Waals surface area (Å²) in [6.07, 6.45) is -0.681. The van der Waals surface area contributed by atoms with E-state index in [1.165, 1.54) is 17.7 Å². The van der Waals surface area contributed by atoms with E-state index in [9.17, 15) is 19.5 Å². The minimum Gasteiger partial charge on any atom is -0.463 e. The van der Waals surface area contributed by atoms with Gasteiger partial charge in [0.25, 0.3) is 5.56 Å². The lowest BCUT2D eigenvalue weighted by Gasteiger charge is -2.16. The summed E-state index contributed by atoms with van der Waals surface area (Å²) in [4.78, 5) is 35.9. The van der Waals surface area contributed by atoms with Gasteiger partial charge in [-0.1, -0.05) is 0 Å². The van der Waals surface area contributed by atoms with Gasteiger partial charge in [-0.25, -0.2) is 4.79 Å². The second kappa shape index (κ2) is 5.59. The number of aliphatic hydroxyl groups is 1. The molecule has 0 radical (unpaired) electrons. The SMILES string of the molecule is CC(=O)OC[C@H]1O[C@@H](n2cc(C)c(=O)[nH]c2=O)C[C@@H]1O. The van der Waals surface area contributed by atoms with Crippen molar-refractivity contribution in [2.75, 3.05) is 6.61 Å². The molecule has 0 bridgehead atoms. The van der Waals surface area contributed by atoms with Crippen molar-refractivity contribution in [1.82, 2.24) is 9.55 Å². The molecule has 8 nitrogen and oxygen atoms in total. The van der Waals surface area contributed by atoms with Crippen molar-refractivity contribution in [1.29, 1.82) is 0 Å². The number of rotatable bonds is 3. The van der Waals surface area contributed by atoms with Crippen LogP contribution in [0.25, 0.3) is 0 Å². The second-order valence-corrected chi connectivity index (χ2v) is 4.71. The molecular formula is C12H16N2O6. The zero-order valence-electron chi connectivity index (χ0n) is 11.2. The highest BCUT2D eigenvalue weighted by atomic mass is 16.6. The van der Waals surface area contributed by atoms with Crippen molar-refractivity contribution in [3.8, 4) is 0 Å². The number of H-pyrrole nitrogens is 1. The number of nitrogens with zero attached hydrogens (tertiary/aromatic N) is 1. The van der Waals surface area contributed by atoms with Crippen LogP contribution in [0.15, 0.2) is 15.8 Å². The Morgan fingerprint density at radius 2 is 2.30 bits per heavy atom. The predicted octanol–water partition coefficient (Wildman–Crippen LogP) is -0.943. The molecule has 1 aliphatic heterocycles. The summed E-state index contributed by atoms with van der Waals surface area (Å²) in [5.74, 6) is -0.471. The fourth-order valence-corrected chi connectivity index (χ4v) is 2.04. The first kappa shape index (κ1) is 14.5. The normalized spacial score (nSPS) is 25.6. The minimum atomic E-state index is -0.849. The van der Waals surface area contributed by atoms with Gasteiger partial charge in [0.05, 0.1) is 6.10 Å². The molecule has 0 aliphatic carbocycles. The molecule has 0 amide bonds. The van der Waals surface area contributed by atoms with E-state index in [4.69, 9.17) is 9.47 Å². The minimum absolute atomic E-state index is 0.0793. The lowest BCUT2D eigenvalue weighted by molar-refractivity contribution is -0.147. The molecule has 1 aliphatic rings. The number of aromatic nitrogens is 2.